The van der Waals surface area contributed by atoms with Crippen LogP contribution in [-0.2, 0) is 26.1 Å². The quantitative estimate of drug-likeness (QED) is 0.162. The lowest BCUT2D eigenvalue weighted by atomic mass is 10.2. The van der Waals surface area contributed by atoms with Crippen molar-refractivity contribution in [1.82, 2.24) is 29.7 Å². The van der Waals surface area contributed by atoms with Gasteiger partial charge in [0.15, 0.2) is 5.82 Å². The minimum atomic E-state index is -4.00. The summed E-state index contributed by atoms with van der Waals surface area (Å²) in [7, 11) is -4.00. The predicted octanol–water partition coefficient (Wildman–Crippen LogP) is 4.79. The molecule has 14 nitrogen and oxygen atoms in total. The summed E-state index contributed by atoms with van der Waals surface area (Å²) in [6.07, 6.45) is 4.40. The van der Waals surface area contributed by atoms with Gasteiger partial charge >= 0.3 is 6.09 Å². The molecule has 4 heterocycles. The van der Waals surface area contributed by atoms with Gasteiger partial charge in [-0.2, -0.15) is 18.6 Å². The first kappa shape index (κ1) is 33.5. The van der Waals surface area contributed by atoms with Crippen LogP contribution in [0.5, 0.6) is 0 Å². The zero-order valence-electron chi connectivity index (χ0n) is 26.3. The van der Waals surface area contributed by atoms with Gasteiger partial charge in [0.05, 0.1) is 54.3 Å². The number of nitrogens with one attached hydrogen (secondary N) is 3. The Hall–Kier alpha value is -5.42. The second-order valence-electron chi connectivity index (χ2n) is 11.1. The van der Waals surface area contributed by atoms with Gasteiger partial charge in [-0.15, -0.1) is 0 Å². The highest BCUT2D eigenvalue weighted by atomic mass is 32.2. The Morgan fingerprint density at radius 3 is 2.69 bits per heavy atom. The van der Waals surface area contributed by atoms with E-state index in [9.17, 15) is 17.6 Å². The van der Waals surface area contributed by atoms with Gasteiger partial charge in [-0.05, 0) is 55.0 Å². The average molecular weight is 689 g/mol. The van der Waals surface area contributed by atoms with Crippen LogP contribution in [0, 0.1) is 12.7 Å². The maximum Gasteiger partial charge on any atom is 0.411 e. The second kappa shape index (κ2) is 14.8. The molecule has 3 aromatic carbocycles. The standard InChI is InChI=1S/C27H27FN8O3.C6H6O3S/c1-17-23(34-27(37)39-15-22-14-38-8-7-29-22)13-36-25(17)26(30-16-32-36)33-21-5-6-24-19(10-21)11-31-35(24)12-18-3-2-4-20(28)9-18;7-10(8,9)6-4-2-1-3-5-6/h2-6,9-11,13,16,22,29H,7-8,12,14-15H2,1H3,(H,34,37)(H,30,32,33);1-5H,(H,7,8,9)/t22-;/m0./s1. The molecule has 4 N–H and O–H groups in total. The maximum absolute atomic E-state index is 13.6. The smallest absolute Gasteiger partial charge is 0.411 e. The minimum Gasteiger partial charge on any atom is -0.448 e. The molecular formula is C33H33FN8O6S. The molecule has 1 aliphatic rings. The number of aryl methyl sites for hydroxylation is 1. The van der Waals surface area contributed by atoms with E-state index in [-0.39, 0.29) is 23.4 Å². The van der Waals surface area contributed by atoms with Crippen LogP contribution in [0.2, 0.25) is 0 Å². The number of rotatable bonds is 8. The van der Waals surface area contributed by atoms with E-state index >= 15 is 0 Å². The summed E-state index contributed by atoms with van der Waals surface area (Å²) in [5, 5.41) is 19.1. The number of aromatic nitrogens is 5. The van der Waals surface area contributed by atoms with Crippen molar-refractivity contribution in [3.05, 3.63) is 108 Å². The average Bonchev–Trinajstić information content (AvgIpc) is 3.64. The van der Waals surface area contributed by atoms with Gasteiger partial charge in [0.25, 0.3) is 10.1 Å². The molecule has 0 unspecified atom stereocenters. The summed E-state index contributed by atoms with van der Waals surface area (Å²) >= 11 is 0. The van der Waals surface area contributed by atoms with E-state index in [0.717, 1.165) is 39.8 Å². The first-order valence-corrected chi connectivity index (χ1v) is 16.7. The molecule has 16 heteroatoms. The summed E-state index contributed by atoms with van der Waals surface area (Å²) in [6, 6.07) is 19.8. The van der Waals surface area contributed by atoms with E-state index in [1.807, 2.05) is 35.9 Å². The van der Waals surface area contributed by atoms with E-state index in [1.165, 1.54) is 30.6 Å². The van der Waals surface area contributed by atoms with Crippen LogP contribution in [0.25, 0.3) is 16.4 Å². The van der Waals surface area contributed by atoms with Crippen molar-refractivity contribution < 1.29 is 31.6 Å². The normalized spacial score (nSPS) is 14.6. The monoisotopic (exact) mass is 688 g/mol. The molecule has 1 atom stereocenters. The molecule has 0 radical (unpaired) electrons. The van der Waals surface area contributed by atoms with Crippen LogP contribution in [0.4, 0.5) is 26.4 Å². The van der Waals surface area contributed by atoms with Crippen molar-refractivity contribution in [2.24, 2.45) is 0 Å². The topological polar surface area (TPSA) is 174 Å². The number of amides is 1. The van der Waals surface area contributed by atoms with E-state index in [2.05, 4.69) is 31.1 Å². The second-order valence-corrected chi connectivity index (χ2v) is 12.6. The van der Waals surface area contributed by atoms with Gasteiger partial charge in [0, 0.05) is 23.2 Å². The van der Waals surface area contributed by atoms with Crippen molar-refractivity contribution in [2.75, 3.05) is 37.0 Å². The zero-order valence-corrected chi connectivity index (χ0v) is 27.1. The number of ether oxygens (including phenoxy) is 2. The fourth-order valence-electron chi connectivity index (χ4n) is 5.26. The van der Waals surface area contributed by atoms with Crippen molar-refractivity contribution in [1.29, 1.82) is 0 Å². The highest BCUT2D eigenvalue weighted by molar-refractivity contribution is 7.85. The molecule has 1 aliphatic heterocycles. The number of anilines is 3. The fourth-order valence-corrected chi connectivity index (χ4v) is 5.76. The SMILES string of the molecule is Cc1c(NC(=O)OC[C@@H]2COCCN2)cn2ncnc(Nc3ccc4c(cnn4Cc4cccc(F)c4)c3)c12.O=S(=O)(O)c1ccccc1. The minimum absolute atomic E-state index is 0.0221. The number of halogens is 1. The van der Waals surface area contributed by atoms with Gasteiger partial charge < -0.3 is 20.1 Å². The Morgan fingerprint density at radius 2 is 1.96 bits per heavy atom. The molecule has 0 saturated carbocycles. The molecule has 0 aliphatic carbocycles. The molecule has 1 fully saturated rings. The number of fused-ring (bicyclic) bond motifs is 2. The van der Waals surface area contributed by atoms with Crippen molar-refractivity contribution in [3.8, 4) is 0 Å². The van der Waals surface area contributed by atoms with Crippen LogP contribution in [-0.4, -0.2) is 75.8 Å². The number of benzene rings is 3. The summed E-state index contributed by atoms with van der Waals surface area (Å²) in [6.45, 7) is 4.46. The number of hydrogen-bond donors (Lipinski definition) is 4. The van der Waals surface area contributed by atoms with Crippen LogP contribution in [0.1, 0.15) is 11.1 Å². The Kier molecular flexibility index (Phi) is 10.1. The predicted molar refractivity (Wildman–Crippen MR) is 180 cm³/mol. The Balaban J connectivity index is 0.000000359. The van der Waals surface area contributed by atoms with Crippen molar-refractivity contribution >= 4 is 49.8 Å². The van der Waals surface area contributed by atoms with Crippen molar-refractivity contribution in [2.45, 2.75) is 24.4 Å². The van der Waals surface area contributed by atoms with E-state index < -0.39 is 16.2 Å². The Morgan fingerprint density at radius 1 is 1.12 bits per heavy atom. The third-order valence-corrected chi connectivity index (χ3v) is 8.51. The number of carbonyl (C=O) groups excluding carboxylic acids is 1. The molecule has 1 saturated heterocycles. The van der Waals surface area contributed by atoms with Gasteiger partial charge in [-0.3, -0.25) is 14.6 Å². The molecule has 49 heavy (non-hydrogen) atoms. The van der Waals surface area contributed by atoms with E-state index in [0.29, 0.717) is 31.3 Å². The molecule has 7 rings (SSSR count). The number of hydrogen-bond acceptors (Lipinski definition) is 10. The van der Waals surface area contributed by atoms with Gasteiger partial charge in [-0.25, -0.2) is 18.7 Å². The number of carbonyl (C=O) groups is 1. The lowest BCUT2D eigenvalue weighted by Crippen LogP contribution is -2.44. The molecule has 0 bridgehead atoms. The molecule has 1 amide bonds. The largest absolute Gasteiger partial charge is 0.448 e. The Bertz CT molecular complexity index is 2190. The lowest BCUT2D eigenvalue weighted by molar-refractivity contribution is 0.0494. The van der Waals surface area contributed by atoms with Gasteiger partial charge in [-0.1, -0.05) is 30.3 Å². The van der Waals surface area contributed by atoms with Crippen LogP contribution in [0.15, 0.2) is 96.4 Å². The summed E-state index contributed by atoms with van der Waals surface area (Å²) in [4.78, 5) is 16.8. The maximum atomic E-state index is 13.6. The zero-order chi connectivity index (χ0) is 34.4. The highest BCUT2D eigenvalue weighted by Crippen LogP contribution is 2.29. The summed E-state index contributed by atoms with van der Waals surface area (Å²) in [5.74, 6) is 0.313. The molecule has 0 spiro atoms. The third-order valence-electron chi connectivity index (χ3n) is 7.64. The summed E-state index contributed by atoms with van der Waals surface area (Å²) in [5.41, 5.74) is 4.66. The van der Waals surface area contributed by atoms with Crippen LogP contribution >= 0.6 is 0 Å². The van der Waals surface area contributed by atoms with Gasteiger partial charge in [0.1, 0.15) is 24.3 Å². The van der Waals surface area contributed by atoms with Gasteiger partial charge in [0.2, 0.25) is 0 Å². The van der Waals surface area contributed by atoms with E-state index in [4.69, 9.17) is 14.0 Å². The van der Waals surface area contributed by atoms with Crippen molar-refractivity contribution in [3.63, 3.8) is 0 Å². The van der Waals surface area contributed by atoms with Crippen LogP contribution < -0.4 is 16.0 Å². The molecule has 6 aromatic rings. The first-order chi connectivity index (χ1) is 23.6. The molecule has 254 valence electrons. The lowest BCUT2D eigenvalue weighted by Gasteiger charge is -2.23. The summed E-state index contributed by atoms with van der Waals surface area (Å²) < 4.78 is 57.1. The molecule has 3 aromatic heterocycles. The third kappa shape index (κ3) is 8.36. The van der Waals surface area contributed by atoms with Crippen LogP contribution in [0.3, 0.4) is 0 Å². The Labute approximate surface area is 280 Å². The first-order valence-electron chi connectivity index (χ1n) is 15.2. The number of morpholine rings is 1. The van der Waals surface area contributed by atoms with E-state index in [1.54, 1.807) is 41.2 Å². The molecular weight excluding hydrogens is 655 g/mol. The fraction of sp³-hybridized carbons (Fsp3) is 0.212. The number of nitrogens with zero attached hydrogens (tertiary/aromatic N) is 5. The highest BCUT2D eigenvalue weighted by Gasteiger charge is 2.18.